The van der Waals surface area contributed by atoms with Crippen LogP contribution in [0.2, 0.25) is 5.02 Å². The number of carboxylic acid groups (broad SMARTS) is 1. The van der Waals surface area contributed by atoms with Crippen LogP contribution in [0.3, 0.4) is 0 Å². The van der Waals surface area contributed by atoms with Gasteiger partial charge in [-0.05, 0) is 12.1 Å². The highest BCUT2D eigenvalue weighted by Gasteiger charge is 2.15. The molecule has 0 radical (unpaired) electrons. The minimum absolute atomic E-state index is 0.0706. The Kier molecular flexibility index (Phi) is 3.12. The molecule has 0 bridgehead atoms. The third kappa shape index (κ3) is 2.10. The van der Waals surface area contributed by atoms with E-state index in [-0.39, 0.29) is 16.4 Å². The van der Waals surface area contributed by atoms with E-state index in [2.05, 4.69) is 9.97 Å². The first-order chi connectivity index (χ1) is 8.50. The first-order valence-corrected chi connectivity index (χ1v) is 5.15. The van der Waals surface area contributed by atoms with Crippen LogP contribution in [0, 0.1) is 5.82 Å². The Morgan fingerprint density at radius 1 is 1.44 bits per heavy atom. The van der Waals surface area contributed by atoms with E-state index in [9.17, 15) is 14.0 Å². The largest absolute Gasteiger partial charge is 0.477 e. The van der Waals surface area contributed by atoms with E-state index in [1.165, 1.54) is 12.1 Å². The van der Waals surface area contributed by atoms with E-state index in [0.29, 0.717) is 0 Å². The highest BCUT2D eigenvalue weighted by molar-refractivity contribution is 6.33. The van der Waals surface area contributed by atoms with Crippen LogP contribution in [0.5, 0.6) is 0 Å². The molecule has 0 aliphatic carbocycles. The minimum Gasteiger partial charge on any atom is -0.477 e. The van der Waals surface area contributed by atoms with Crippen molar-refractivity contribution in [1.82, 2.24) is 9.97 Å². The van der Waals surface area contributed by atoms with Crippen molar-refractivity contribution in [3.05, 3.63) is 51.2 Å². The van der Waals surface area contributed by atoms with E-state index >= 15 is 0 Å². The van der Waals surface area contributed by atoms with Gasteiger partial charge in [-0.1, -0.05) is 17.7 Å². The van der Waals surface area contributed by atoms with Gasteiger partial charge in [-0.25, -0.2) is 14.2 Å². The molecule has 5 nitrogen and oxygen atoms in total. The fourth-order valence-corrected chi connectivity index (χ4v) is 1.65. The molecule has 1 aromatic heterocycles. The second-order valence-corrected chi connectivity index (χ2v) is 3.78. The van der Waals surface area contributed by atoms with Crippen LogP contribution < -0.4 is 5.56 Å². The summed E-state index contributed by atoms with van der Waals surface area (Å²) in [6, 6.07) is 4.00. The van der Waals surface area contributed by atoms with Crippen molar-refractivity contribution in [2.24, 2.45) is 0 Å². The lowest BCUT2D eigenvalue weighted by molar-refractivity contribution is 0.0694. The molecule has 0 amide bonds. The van der Waals surface area contributed by atoms with E-state index in [1.807, 2.05) is 0 Å². The second-order valence-electron chi connectivity index (χ2n) is 3.38. The van der Waals surface area contributed by atoms with Gasteiger partial charge >= 0.3 is 5.97 Å². The molecule has 0 saturated carbocycles. The summed E-state index contributed by atoms with van der Waals surface area (Å²) < 4.78 is 13.6. The summed E-state index contributed by atoms with van der Waals surface area (Å²) in [5, 5.41) is 8.75. The Labute approximate surface area is 105 Å². The van der Waals surface area contributed by atoms with Crippen LogP contribution in [0.1, 0.15) is 10.4 Å². The van der Waals surface area contributed by atoms with Gasteiger partial charge in [-0.15, -0.1) is 0 Å². The maximum atomic E-state index is 13.6. The number of nitrogens with zero attached hydrogens (tertiary/aromatic N) is 1. The number of carboxylic acids is 1. The number of rotatable bonds is 2. The summed E-state index contributed by atoms with van der Waals surface area (Å²) in [4.78, 5) is 28.0. The number of halogens is 2. The number of H-pyrrole nitrogens is 1. The molecular formula is C11H6ClFN2O3. The monoisotopic (exact) mass is 268 g/mol. The predicted molar refractivity (Wildman–Crippen MR) is 62.2 cm³/mol. The molecule has 0 unspecified atom stereocenters. The zero-order valence-corrected chi connectivity index (χ0v) is 9.53. The molecule has 2 N–H and O–H groups in total. The molecule has 0 aliphatic rings. The van der Waals surface area contributed by atoms with Gasteiger partial charge in [0.25, 0.3) is 5.56 Å². The molecule has 0 saturated heterocycles. The van der Waals surface area contributed by atoms with Gasteiger partial charge in [0.05, 0.1) is 10.6 Å². The van der Waals surface area contributed by atoms with Crippen LogP contribution in [-0.2, 0) is 0 Å². The summed E-state index contributed by atoms with van der Waals surface area (Å²) in [6.07, 6.45) is 0.860. The van der Waals surface area contributed by atoms with E-state index in [0.717, 1.165) is 12.3 Å². The fourth-order valence-electron chi connectivity index (χ4n) is 1.40. The van der Waals surface area contributed by atoms with Crippen LogP contribution >= 0.6 is 11.6 Å². The molecular weight excluding hydrogens is 263 g/mol. The third-order valence-electron chi connectivity index (χ3n) is 2.23. The average Bonchev–Trinajstić information content (AvgIpc) is 2.28. The average molecular weight is 269 g/mol. The highest BCUT2D eigenvalue weighted by atomic mass is 35.5. The Morgan fingerprint density at radius 3 is 2.72 bits per heavy atom. The van der Waals surface area contributed by atoms with Gasteiger partial charge in [-0.3, -0.25) is 4.79 Å². The molecule has 18 heavy (non-hydrogen) atoms. The van der Waals surface area contributed by atoms with E-state index in [1.54, 1.807) is 0 Å². The smallest absolute Gasteiger partial charge is 0.342 e. The number of carbonyl (C=O) groups is 1. The molecule has 0 fully saturated rings. The number of hydrogen-bond acceptors (Lipinski definition) is 3. The molecule has 2 rings (SSSR count). The lowest BCUT2D eigenvalue weighted by atomic mass is 10.2. The number of aromatic amines is 1. The molecule has 0 spiro atoms. The van der Waals surface area contributed by atoms with Crippen molar-refractivity contribution in [2.45, 2.75) is 0 Å². The van der Waals surface area contributed by atoms with Gasteiger partial charge < -0.3 is 10.1 Å². The van der Waals surface area contributed by atoms with Crippen LogP contribution in [0.25, 0.3) is 11.4 Å². The Hall–Kier alpha value is -2.21. The van der Waals surface area contributed by atoms with Crippen molar-refractivity contribution in [3.63, 3.8) is 0 Å². The lowest BCUT2D eigenvalue weighted by Gasteiger charge is -2.04. The van der Waals surface area contributed by atoms with E-state index < -0.39 is 22.9 Å². The van der Waals surface area contributed by atoms with Crippen molar-refractivity contribution >= 4 is 17.6 Å². The van der Waals surface area contributed by atoms with Crippen molar-refractivity contribution < 1.29 is 14.3 Å². The Balaban J connectivity index is 2.63. The van der Waals surface area contributed by atoms with Crippen molar-refractivity contribution in [3.8, 4) is 11.4 Å². The third-order valence-corrected chi connectivity index (χ3v) is 2.54. The quantitative estimate of drug-likeness (QED) is 0.872. The van der Waals surface area contributed by atoms with Gasteiger partial charge in [0.1, 0.15) is 17.2 Å². The molecule has 0 aliphatic heterocycles. The molecule has 7 heteroatoms. The highest BCUT2D eigenvalue weighted by Crippen LogP contribution is 2.26. The summed E-state index contributed by atoms with van der Waals surface area (Å²) in [6.45, 7) is 0. The molecule has 1 aromatic carbocycles. The Morgan fingerprint density at radius 2 is 2.17 bits per heavy atom. The van der Waals surface area contributed by atoms with Crippen LogP contribution in [-0.4, -0.2) is 21.0 Å². The maximum Gasteiger partial charge on any atom is 0.342 e. The van der Waals surface area contributed by atoms with Crippen LogP contribution in [0.4, 0.5) is 4.39 Å². The first-order valence-electron chi connectivity index (χ1n) is 4.77. The summed E-state index contributed by atoms with van der Waals surface area (Å²) in [5.74, 6) is -2.18. The summed E-state index contributed by atoms with van der Waals surface area (Å²) in [7, 11) is 0. The molecule has 2 aromatic rings. The SMILES string of the molecule is O=C(O)c1cnc(-c2c(F)cccc2Cl)[nH]c1=O. The number of hydrogen-bond donors (Lipinski definition) is 2. The molecule has 1 heterocycles. The number of aromatic carboxylic acids is 1. The fraction of sp³-hybridized carbons (Fsp3) is 0. The lowest BCUT2D eigenvalue weighted by Crippen LogP contribution is -2.19. The minimum atomic E-state index is -1.41. The van der Waals surface area contributed by atoms with Crippen molar-refractivity contribution in [1.29, 1.82) is 0 Å². The number of nitrogens with one attached hydrogen (secondary N) is 1. The second kappa shape index (κ2) is 4.58. The number of benzene rings is 1. The van der Waals surface area contributed by atoms with Gasteiger partial charge in [0.2, 0.25) is 0 Å². The Bertz CT molecular complexity index is 664. The van der Waals surface area contributed by atoms with Crippen LogP contribution in [0.15, 0.2) is 29.2 Å². The molecule has 0 atom stereocenters. The van der Waals surface area contributed by atoms with Gasteiger partial charge in [0, 0.05) is 6.20 Å². The van der Waals surface area contributed by atoms with Crippen molar-refractivity contribution in [2.75, 3.05) is 0 Å². The summed E-state index contributed by atoms with van der Waals surface area (Å²) in [5.41, 5.74) is -1.47. The zero-order chi connectivity index (χ0) is 13.3. The van der Waals surface area contributed by atoms with Gasteiger partial charge in [-0.2, -0.15) is 0 Å². The van der Waals surface area contributed by atoms with Gasteiger partial charge in [0.15, 0.2) is 0 Å². The molecule has 92 valence electrons. The zero-order valence-electron chi connectivity index (χ0n) is 8.78. The first kappa shape index (κ1) is 12.3. The summed E-state index contributed by atoms with van der Waals surface area (Å²) >= 11 is 5.80. The number of aromatic nitrogens is 2. The standard InChI is InChI=1S/C11H6ClFN2O3/c12-6-2-1-3-7(13)8(6)9-14-4-5(11(17)18)10(16)15-9/h1-4H,(H,17,18)(H,14,15,16). The maximum absolute atomic E-state index is 13.6. The predicted octanol–water partition coefficient (Wildman–Crippen LogP) is 1.93. The van der Waals surface area contributed by atoms with E-state index in [4.69, 9.17) is 16.7 Å². The normalized spacial score (nSPS) is 10.3. The topological polar surface area (TPSA) is 83.0 Å².